The van der Waals surface area contributed by atoms with Crippen molar-refractivity contribution in [2.24, 2.45) is 5.92 Å². The maximum atomic E-state index is 12.8. The number of carbonyl (C=O) groups is 1. The average Bonchev–Trinajstić information content (AvgIpc) is 3.10. The molecule has 0 aromatic carbocycles. The van der Waals surface area contributed by atoms with E-state index in [0.717, 1.165) is 30.8 Å². The van der Waals surface area contributed by atoms with Gasteiger partial charge in [-0.2, -0.15) is 0 Å². The first kappa shape index (κ1) is 15.9. The van der Waals surface area contributed by atoms with Gasteiger partial charge in [-0.05, 0) is 30.8 Å². The smallest absolute Gasteiger partial charge is 0.227 e. The highest BCUT2D eigenvalue weighted by atomic mass is 32.1. The van der Waals surface area contributed by atoms with Crippen LogP contribution in [0.1, 0.15) is 30.2 Å². The van der Waals surface area contributed by atoms with E-state index in [4.69, 9.17) is 4.74 Å². The summed E-state index contributed by atoms with van der Waals surface area (Å²) < 4.78 is 5.55. The summed E-state index contributed by atoms with van der Waals surface area (Å²) in [6, 6.07) is 3.85. The molecule has 2 N–H and O–H groups in total. The van der Waals surface area contributed by atoms with Gasteiger partial charge in [-0.1, -0.05) is 6.07 Å². The first-order valence-corrected chi connectivity index (χ1v) is 8.94. The molecule has 0 bridgehead atoms. The molecule has 0 saturated carbocycles. The van der Waals surface area contributed by atoms with Crippen LogP contribution in [0.15, 0.2) is 17.5 Å². The third kappa shape index (κ3) is 3.68. The monoisotopic (exact) mass is 324 g/mol. The maximum Gasteiger partial charge on any atom is 0.227 e. The molecule has 2 fully saturated rings. The van der Waals surface area contributed by atoms with Crippen molar-refractivity contribution in [3.05, 3.63) is 22.4 Å². The van der Waals surface area contributed by atoms with E-state index in [1.54, 1.807) is 11.3 Å². The molecule has 6 heteroatoms. The molecule has 2 aliphatic rings. The topological polar surface area (TPSA) is 61.8 Å². The van der Waals surface area contributed by atoms with Gasteiger partial charge in [-0.25, -0.2) is 0 Å². The molecule has 1 aromatic rings. The molecule has 3 atom stereocenters. The normalized spacial score (nSPS) is 27.6. The molecule has 2 aliphatic heterocycles. The van der Waals surface area contributed by atoms with E-state index in [0.29, 0.717) is 26.2 Å². The van der Waals surface area contributed by atoms with Crippen molar-refractivity contribution in [2.45, 2.75) is 31.4 Å². The van der Waals surface area contributed by atoms with Crippen LogP contribution >= 0.6 is 11.3 Å². The molecular formula is C16H24N2O3S. The molecule has 0 radical (unpaired) electrons. The second kappa shape index (κ2) is 7.55. The first-order valence-electron chi connectivity index (χ1n) is 8.06. The standard InChI is InChI=1S/C16H24N2O3S/c19-14(15-4-2-8-22-15)9-13-11-21-7-6-18(13)16(20)12-3-1-5-17-10-12/h2,4,8,12-14,17,19H,1,3,5-7,9-11H2. The zero-order valence-corrected chi connectivity index (χ0v) is 13.6. The summed E-state index contributed by atoms with van der Waals surface area (Å²) in [5.74, 6) is 0.298. The van der Waals surface area contributed by atoms with E-state index >= 15 is 0 Å². The highest BCUT2D eigenvalue weighted by molar-refractivity contribution is 7.10. The number of amides is 1. The Hall–Kier alpha value is -0.950. The van der Waals surface area contributed by atoms with E-state index in [1.165, 1.54) is 0 Å². The van der Waals surface area contributed by atoms with E-state index in [9.17, 15) is 9.90 Å². The van der Waals surface area contributed by atoms with Crippen LogP contribution < -0.4 is 5.32 Å². The summed E-state index contributed by atoms with van der Waals surface area (Å²) >= 11 is 1.55. The van der Waals surface area contributed by atoms with Crippen molar-refractivity contribution in [2.75, 3.05) is 32.8 Å². The Bertz CT molecular complexity index is 474. The largest absolute Gasteiger partial charge is 0.387 e. The number of carbonyl (C=O) groups excluding carboxylic acids is 1. The van der Waals surface area contributed by atoms with Gasteiger partial charge in [0.05, 0.1) is 31.3 Å². The molecular weight excluding hydrogens is 300 g/mol. The summed E-state index contributed by atoms with van der Waals surface area (Å²) in [5.41, 5.74) is 0. The summed E-state index contributed by atoms with van der Waals surface area (Å²) in [5, 5.41) is 15.6. The van der Waals surface area contributed by atoms with Crippen LogP contribution in [0.5, 0.6) is 0 Å². The second-order valence-electron chi connectivity index (χ2n) is 6.07. The molecule has 1 amide bonds. The molecule has 0 spiro atoms. The second-order valence-corrected chi connectivity index (χ2v) is 7.05. The molecule has 5 nitrogen and oxygen atoms in total. The Kier molecular flexibility index (Phi) is 5.46. The van der Waals surface area contributed by atoms with Crippen molar-refractivity contribution in [3.63, 3.8) is 0 Å². The van der Waals surface area contributed by atoms with Gasteiger partial charge in [-0.15, -0.1) is 11.3 Å². The predicted octanol–water partition coefficient (Wildman–Crippen LogP) is 1.40. The molecule has 0 aliphatic carbocycles. The highest BCUT2D eigenvalue weighted by Gasteiger charge is 2.33. The van der Waals surface area contributed by atoms with Crippen LogP contribution in [0.25, 0.3) is 0 Å². The number of thiophene rings is 1. The van der Waals surface area contributed by atoms with Gasteiger partial charge in [0, 0.05) is 24.4 Å². The highest BCUT2D eigenvalue weighted by Crippen LogP contribution is 2.27. The maximum absolute atomic E-state index is 12.8. The number of ether oxygens (including phenoxy) is 1. The Labute approximate surface area is 135 Å². The van der Waals surface area contributed by atoms with Crippen LogP contribution in [-0.2, 0) is 9.53 Å². The van der Waals surface area contributed by atoms with Crippen LogP contribution in [0.4, 0.5) is 0 Å². The van der Waals surface area contributed by atoms with Gasteiger partial charge in [-0.3, -0.25) is 4.79 Å². The van der Waals surface area contributed by atoms with E-state index in [1.807, 2.05) is 22.4 Å². The zero-order chi connectivity index (χ0) is 15.4. The number of nitrogens with one attached hydrogen (secondary N) is 1. The summed E-state index contributed by atoms with van der Waals surface area (Å²) in [7, 11) is 0. The number of hydrogen-bond acceptors (Lipinski definition) is 5. The fraction of sp³-hybridized carbons (Fsp3) is 0.688. The van der Waals surface area contributed by atoms with Crippen LogP contribution in [0, 0.1) is 5.92 Å². The quantitative estimate of drug-likeness (QED) is 0.879. The summed E-state index contributed by atoms with van der Waals surface area (Å²) in [4.78, 5) is 15.7. The molecule has 3 unspecified atom stereocenters. The van der Waals surface area contributed by atoms with Crippen molar-refractivity contribution < 1.29 is 14.6 Å². The molecule has 22 heavy (non-hydrogen) atoms. The Morgan fingerprint density at radius 3 is 3.23 bits per heavy atom. The predicted molar refractivity (Wildman–Crippen MR) is 85.8 cm³/mol. The number of hydrogen-bond donors (Lipinski definition) is 2. The lowest BCUT2D eigenvalue weighted by Crippen LogP contribution is -2.53. The molecule has 3 rings (SSSR count). The Morgan fingerprint density at radius 1 is 1.59 bits per heavy atom. The zero-order valence-electron chi connectivity index (χ0n) is 12.7. The number of morpholine rings is 1. The van der Waals surface area contributed by atoms with E-state index < -0.39 is 6.10 Å². The van der Waals surface area contributed by atoms with Crippen LogP contribution in [0.2, 0.25) is 0 Å². The minimum Gasteiger partial charge on any atom is -0.387 e. The van der Waals surface area contributed by atoms with Crippen molar-refractivity contribution in [1.82, 2.24) is 10.2 Å². The van der Waals surface area contributed by atoms with Gasteiger partial charge in [0.15, 0.2) is 0 Å². The Morgan fingerprint density at radius 2 is 2.50 bits per heavy atom. The van der Waals surface area contributed by atoms with E-state index in [-0.39, 0.29) is 17.9 Å². The lowest BCUT2D eigenvalue weighted by atomic mass is 9.96. The molecule has 2 saturated heterocycles. The minimum atomic E-state index is -0.522. The number of aliphatic hydroxyl groups excluding tert-OH is 1. The van der Waals surface area contributed by atoms with Gasteiger partial charge < -0.3 is 20.1 Å². The lowest BCUT2D eigenvalue weighted by molar-refractivity contribution is -0.146. The van der Waals surface area contributed by atoms with Gasteiger partial charge >= 0.3 is 0 Å². The molecule has 122 valence electrons. The first-order chi connectivity index (χ1) is 10.8. The van der Waals surface area contributed by atoms with Crippen LogP contribution in [0.3, 0.4) is 0 Å². The minimum absolute atomic E-state index is 0.0275. The number of rotatable bonds is 4. The number of nitrogens with zero attached hydrogens (tertiary/aromatic N) is 1. The van der Waals surface area contributed by atoms with E-state index in [2.05, 4.69) is 5.32 Å². The third-order valence-corrected chi connectivity index (χ3v) is 5.50. The number of piperidine rings is 1. The molecule has 1 aromatic heterocycles. The summed E-state index contributed by atoms with van der Waals surface area (Å²) in [6.45, 7) is 3.53. The number of aliphatic hydroxyl groups is 1. The fourth-order valence-electron chi connectivity index (χ4n) is 3.29. The van der Waals surface area contributed by atoms with Gasteiger partial charge in [0.1, 0.15) is 0 Å². The van der Waals surface area contributed by atoms with Gasteiger partial charge in [0.2, 0.25) is 5.91 Å². The third-order valence-electron chi connectivity index (χ3n) is 4.52. The Balaban J connectivity index is 1.64. The van der Waals surface area contributed by atoms with Crippen molar-refractivity contribution in [1.29, 1.82) is 0 Å². The fourth-order valence-corrected chi connectivity index (χ4v) is 4.02. The van der Waals surface area contributed by atoms with Gasteiger partial charge in [0.25, 0.3) is 0 Å². The summed E-state index contributed by atoms with van der Waals surface area (Å²) in [6.07, 6.45) is 2.05. The average molecular weight is 324 g/mol. The lowest BCUT2D eigenvalue weighted by Gasteiger charge is -2.39. The van der Waals surface area contributed by atoms with Crippen molar-refractivity contribution >= 4 is 17.2 Å². The molecule has 3 heterocycles. The van der Waals surface area contributed by atoms with Crippen molar-refractivity contribution in [3.8, 4) is 0 Å². The SMILES string of the molecule is O=C(C1CCCNC1)N1CCOCC1CC(O)c1cccs1. The van der Waals surface area contributed by atoms with Crippen LogP contribution in [-0.4, -0.2) is 54.8 Å².